The topological polar surface area (TPSA) is 0 Å². The SMILES string of the molecule is CC.CC.CC.CC.CC.CC.c1ccc(Cc2ccc(Cc3ccccc3)cc2)cc1. The van der Waals surface area contributed by atoms with Crippen molar-refractivity contribution in [3.63, 3.8) is 0 Å². The Morgan fingerprint density at radius 1 is 0.281 bits per heavy atom. The Balaban J connectivity index is -0.000000285. The van der Waals surface area contributed by atoms with Crippen molar-refractivity contribution in [1.82, 2.24) is 0 Å². The van der Waals surface area contributed by atoms with Gasteiger partial charge in [0.1, 0.15) is 0 Å². The minimum absolute atomic E-state index is 1.01. The fourth-order valence-electron chi connectivity index (χ4n) is 2.44. The van der Waals surface area contributed by atoms with Crippen molar-refractivity contribution in [2.45, 2.75) is 95.9 Å². The van der Waals surface area contributed by atoms with E-state index in [0.717, 1.165) is 12.8 Å². The van der Waals surface area contributed by atoms with Crippen LogP contribution in [0.5, 0.6) is 0 Å². The van der Waals surface area contributed by atoms with Gasteiger partial charge in [0, 0.05) is 0 Å². The second-order valence-corrected chi connectivity index (χ2v) is 5.14. The molecule has 0 spiro atoms. The molecular weight excluding hydrogens is 384 g/mol. The number of hydrogen-bond donors (Lipinski definition) is 0. The molecule has 3 aromatic rings. The van der Waals surface area contributed by atoms with E-state index in [0.29, 0.717) is 0 Å². The molecule has 0 aliphatic heterocycles. The summed E-state index contributed by atoms with van der Waals surface area (Å²) in [6.07, 6.45) is 2.01. The van der Waals surface area contributed by atoms with Crippen molar-refractivity contribution in [3.05, 3.63) is 107 Å². The molecular formula is C32H54. The van der Waals surface area contributed by atoms with Crippen molar-refractivity contribution in [2.24, 2.45) is 0 Å². The molecule has 0 saturated heterocycles. The second-order valence-electron chi connectivity index (χ2n) is 5.14. The number of benzene rings is 3. The van der Waals surface area contributed by atoms with Gasteiger partial charge in [-0.05, 0) is 35.1 Å². The minimum Gasteiger partial charge on any atom is -0.0683 e. The van der Waals surface area contributed by atoms with Crippen molar-refractivity contribution >= 4 is 0 Å². The Labute approximate surface area is 203 Å². The minimum atomic E-state index is 1.01. The maximum Gasteiger partial charge on any atom is -0.00258 e. The van der Waals surface area contributed by atoms with Crippen LogP contribution in [0.15, 0.2) is 84.9 Å². The maximum atomic E-state index is 2.24. The monoisotopic (exact) mass is 438 g/mol. The first-order valence-electron chi connectivity index (χ1n) is 13.1. The molecule has 0 aliphatic rings. The van der Waals surface area contributed by atoms with Crippen LogP contribution in [-0.2, 0) is 12.8 Å². The molecule has 0 heteroatoms. The first-order valence-corrected chi connectivity index (χ1v) is 13.1. The molecule has 182 valence electrons. The van der Waals surface area contributed by atoms with E-state index in [2.05, 4.69) is 84.9 Å². The molecule has 3 aromatic carbocycles. The van der Waals surface area contributed by atoms with E-state index in [4.69, 9.17) is 0 Å². The largest absolute Gasteiger partial charge is 0.0683 e. The fourth-order valence-corrected chi connectivity index (χ4v) is 2.44. The smallest absolute Gasteiger partial charge is 0.00258 e. The molecule has 0 aromatic heterocycles. The van der Waals surface area contributed by atoms with Gasteiger partial charge in [0.25, 0.3) is 0 Å². The molecule has 0 unspecified atom stereocenters. The quantitative estimate of drug-likeness (QED) is 0.380. The highest BCUT2D eigenvalue weighted by Gasteiger charge is 1.98. The van der Waals surface area contributed by atoms with E-state index in [1.165, 1.54) is 22.3 Å². The van der Waals surface area contributed by atoms with Gasteiger partial charge in [0.15, 0.2) is 0 Å². The average molecular weight is 439 g/mol. The van der Waals surface area contributed by atoms with Crippen molar-refractivity contribution in [3.8, 4) is 0 Å². The molecule has 0 N–H and O–H groups in total. The van der Waals surface area contributed by atoms with Crippen LogP contribution >= 0.6 is 0 Å². The van der Waals surface area contributed by atoms with Gasteiger partial charge in [0.05, 0.1) is 0 Å². The third kappa shape index (κ3) is 19.6. The summed E-state index contributed by atoms with van der Waals surface area (Å²) >= 11 is 0. The lowest BCUT2D eigenvalue weighted by atomic mass is 10.0. The first-order chi connectivity index (χ1) is 15.9. The summed E-state index contributed by atoms with van der Waals surface area (Å²) in [5, 5.41) is 0. The predicted octanol–water partition coefficient (Wildman–Crippen LogP) is 11.0. The Hall–Kier alpha value is -2.34. The highest BCUT2D eigenvalue weighted by molar-refractivity contribution is 5.31. The van der Waals surface area contributed by atoms with Crippen molar-refractivity contribution in [2.75, 3.05) is 0 Å². The van der Waals surface area contributed by atoms with Gasteiger partial charge < -0.3 is 0 Å². The normalized spacial score (nSPS) is 7.62. The predicted molar refractivity (Wildman–Crippen MR) is 153 cm³/mol. The lowest BCUT2D eigenvalue weighted by Crippen LogP contribution is -1.91. The molecule has 0 aliphatic carbocycles. The highest BCUT2D eigenvalue weighted by atomic mass is 14.0. The van der Waals surface area contributed by atoms with E-state index in [9.17, 15) is 0 Å². The molecule has 0 bridgehead atoms. The summed E-state index contributed by atoms with van der Waals surface area (Å²) in [5.74, 6) is 0. The zero-order valence-corrected chi connectivity index (χ0v) is 23.5. The number of rotatable bonds is 4. The van der Waals surface area contributed by atoms with Crippen LogP contribution in [0.2, 0.25) is 0 Å². The molecule has 3 rings (SSSR count). The van der Waals surface area contributed by atoms with Crippen LogP contribution in [0.1, 0.15) is 105 Å². The third-order valence-corrected chi connectivity index (χ3v) is 3.53. The zero-order valence-electron chi connectivity index (χ0n) is 23.5. The summed E-state index contributed by atoms with van der Waals surface area (Å²) in [6, 6.07) is 30.2. The van der Waals surface area contributed by atoms with E-state index in [1.807, 2.05) is 83.1 Å². The Kier molecular flexibility index (Phi) is 38.5. The van der Waals surface area contributed by atoms with Crippen LogP contribution in [0.4, 0.5) is 0 Å². The maximum absolute atomic E-state index is 2.24. The molecule has 0 heterocycles. The highest BCUT2D eigenvalue weighted by Crippen LogP contribution is 2.13. The van der Waals surface area contributed by atoms with Crippen LogP contribution in [0.3, 0.4) is 0 Å². The summed E-state index contributed by atoms with van der Waals surface area (Å²) < 4.78 is 0. The third-order valence-electron chi connectivity index (χ3n) is 3.53. The lowest BCUT2D eigenvalue weighted by Gasteiger charge is -2.05. The standard InChI is InChI=1S/C20H18.6C2H6/c1-3-7-17(8-4-1)15-19-11-13-20(14-12-19)16-18-9-5-2-6-10-18;6*1-2/h1-14H,15-16H2;6*1-2H3. The van der Waals surface area contributed by atoms with Crippen LogP contribution in [0.25, 0.3) is 0 Å². The van der Waals surface area contributed by atoms with Gasteiger partial charge in [0.2, 0.25) is 0 Å². The number of hydrogen-bond acceptors (Lipinski definition) is 0. The zero-order chi connectivity index (χ0) is 25.6. The summed E-state index contributed by atoms with van der Waals surface area (Å²) in [7, 11) is 0. The van der Waals surface area contributed by atoms with Gasteiger partial charge in [-0.2, -0.15) is 0 Å². The van der Waals surface area contributed by atoms with Gasteiger partial charge >= 0.3 is 0 Å². The van der Waals surface area contributed by atoms with Crippen LogP contribution in [-0.4, -0.2) is 0 Å². The van der Waals surface area contributed by atoms with Crippen molar-refractivity contribution < 1.29 is 0 Å². The van der Waals surface area contributed by atoms with Crippen LogP contribution < -0.4 is 0 Å². The Bertz CT molecular complexity index is 576. The molecule has 0 atom stereocenters. The van der Waals surface area contributed by atoms with Gasteiger partial charge in [-0.15, -0.1) is 0 Å². The molecule has 0 nitrogen and oxygen atoms in total. The van der Waals surface area contributed by atoms with E-state index >= 15 is 0 Å². The van der Waals surface area contributed by atoms with Crippen LogP contribution in [0, 0.1) is 0 Å². The molecule has 0 amide bonds. The van der Waals surface area contributed by atoms with E-state index < -0.39 is 0 Å². The van der Waals surface area contributed by atoms with Gasteiger partial charge in [-0.3, -0.25) is 0 Å². The Morgan fingerprint density at radius 2 is 0.469 bits per heavy atom. The molecule has 0 saturated carbocycles. The average Bonchev–Trinajstić information content (AvgIpc) is 2.93. The fraction of sp³-hybridized carbons (Fsp3) is 0.438. The lowest BCUT2D eigenvalue weighted by molar-refractivity contribution is 1.15. The van der Waals surface area contributed by atoms with Gasteiger partial charge in [-0.1, -0.05) is 168 Å². The first kappa shape index (κ1) is 37.0. The molecule has 32 heavy (non-hydrogen) atoms. The summed E-state index contributed by atoms with van der Waals surface area (Å²) in [4.78, 5) is 0. The van der Waals surface area contributed by atoms with Crippen molar-refractivity contribution in [1.29, 1.82) is 0 Å². The summed E-state index contributed by atoms with van der Waals surface area (Å²) in [5.41, 5.74) is 5.47. The Morgan fingerprint density at radius 3 is 0.688 bits per heavy atom. The molecule has 0 fully saturated rings. The van der Waals surface area contributed by atoms with Gasteiger partial charge in [-0.25, -0.2) is 0 Å². The summed E-state index contributed by atoms with van der Waals surface area (Å²) in [6.45, 7) is 24.0. The van der Waals surface area contributed by atoms with E-state index in [-0.39, 0.29) is 0 Å². The molecule has 0 radical (unpaired) electrons. The second kappa shape index (κ2) is 33.3. The van der Waals surface area contributed by atoms with E-state index in [1.54, 1.807) is 0 Å².